The van der Waals surface area contributed by atoms with Gasteiger partial charge in [0.2, 0.25) is 0 Å². The van der Waals surface area contributed by atoms with E-state index in [1.54, 1.807) is 0 Å². The summed E-state index contributed by atoms with van der Waals surface area (Å²) in [5.74, 6) is 1.27. The summed E-state index contributed by atoms with van der Waals surface area (Å²) >= 11 is 0. The van der Waals surface area contributed by atoms with Gasteiger partial charge in [0.15, 0.2) is 0 Å². The molecule has 3 heterocycles. The third kappa shape index (κ3) is 4.85. The molecule has 0 N–H and O–H groups in total. The summed E-state index contributed by atoms with van der Waals surface area (Å²) in [4.78, 5) is 8.57. The predicted molar refractivity (Wildman–Crippen MR) is 90.6 cm³/mol. The summed E-state index contributed by atoms with van der Waals surface area (Å²) in [5.41, 5.74) is -0.693. The van der Waals surface area contributed by atoms with E-state index >= 15 is 0 Å². The maximum atomic E-state index is 12.6. The van der Waals surface area contributed by atoms with Crippen molar-refractivity contribution in [2.45, 2.75) is 45.1 Å². The van der Waals surface area contributed by atoms with Crippen LogP contribution >= 0.6 is 0 Å². The van der Waals surface area contributed by atoms with Gasteiger partial charge in [0.1, 0.15) is 5.82 Å². The van der Waals surface area contributed by atoms with Crippen LogP contribution in [0.5, 0.6) is 0 Å². The highest BCUT2D eigenvalue weighted by Gasteiger charge is 2.31. The topological polar surface area (TPSA) is 28.6 Å². The highest BCUT2D eigenvalue weighted by molar-refractivity contribution is 5.40. The van der Waals surface area contributed by atoms with Gasteiger partial charge in [-0.05, 0) is 44.7 Å². The molecule has 1 aromatic heterocycles. The fourth-order valence-corrected chi connectivity index (χ4v) is 3.88. The van der Waals surface area contributed by atoms with Crippen molar-refractivity contribution in [3.8, 4) is 0 Å². The highest BCUT2D eigenvalue weighted by Crippen LogP contribution is 2.30. The molecule has 0 radical (unpaired) electrons. The Kier molecular flexibility index (Phi) is 5.53. The largest absolute Gasteiger partial charge is 0.417 e. The van der Waals surface area contributed by atoms with Gasteiger partial charge in [-0.15, -0.1) is 0 Å². The second-order valence-corrected chi connectivity index (χ2v) is 7.31. The number of alkyl halides is 3. The minimum Gasteiger partial charge on any atom is -0.373 e. The van der Waals surface area contributed by atoms with E-state index in [4.69, 9.17) is 4.74 Å². The van der Waals surface area contributed by atoms with Crippen LogP contribution in [0.15, 0.2) is 18.3 Å². The van der Waals surface area contributed by atoms with Crippen LogP contribution in [0.3, 0.4) is 0 Å². The van der Waals surface area contributed by atoms with E-state index in [1.165, 1.54) is 6.07 Å². The Balaban J connectivity index is 1.50. The van der Waals surface area contributed by atoms with Crippen LogP contribution < -0.4 is 4.90 Å². The maximum Gasteiger partial charge on any atom is 0.417 e. The number of hydrogen-bond donors (Lipinski definition) is 0. The number of halogens is 3. The van der Waals surface area contributed by atoms with Gasteiger partial charge in [-0.1, -0.05) is 0 Å². The minimum absolute atomic E-state index is 0.278. The average molecular weight is 357 g/mol. The van der Waals surface area contributed by atoms with Crippen molar-refractivity contribution < 1.29 is 17.9 Å². The van der Waals surface area contributed by atoms with Gasteiger partial charge in [0.25, 0.3) is 0 Å². The Morgan fingerprint density at radius 3 is 2.28 bits per heavy atom. The van der Waals surface area contributed by atoms with Crippen molar-refractivity contribution in [1.82, 2.24) is 9.88 Å². The number of piperidine rings is 1. The molecule has 2 saturated heterocycles. The SMILES string of the molecule is CC1CN(CC2CCN(c3ccc(C(F)(F)F)cn3)CC2)CC(C)O1. The fraction of sp³-hybridized carbons (Fsp3) is 0.722. The number of ether oxygens (including phenoxy) is 1. The molecule has 2 unspecified atom stereocenters. The molecule has 4 nitrogen and oxygen atoms in total. The van der Waals surface area contributed by atoms with Crippen molar-refractivity contribution in [3.63, 3.8) is 0 Å². The first-order chi connectivity index (χ1) is 11.8. The van der Waals surface area contributed by atoms with Gasteiger partial charge in [-0.2, -0.15) is 13.2 Å². The van der Waals surface area contributed by atoms with E-state index in [0.29, 0.717) is 11.7 Å². The third-order valence-electron chi connectivity index (χ3n) is 5.03. The molecule has 1 aromatic rings. The first kappa shape index (κ1) is 18.5. The van der Waals surface area contributed by atoms with Crippen LogP contribution in [-0.4, -0.2) is 54.8 Å². The lowest BCUT2D eigenvalue weighted by Crippen LogP contribution is -2.48. The highest BCUT2D eigenvalue weighted by atomic mass is 19.4. The average Bonchev–Trinajstić information content (AvgIpc) is 2.54. The number of pyridine rings is 1. The summed E-state index contributed by atoms with van der Waals surface area (Å²) < 4.78 is 43.6. The first-order valence-corrected chi connectivity index (χ1v) is 8.97. The van der Waals surface area contributed by atoms with Crippen LogP contribution in [0, 0.1) is 5.92 Å². The molecule has 140 valence electrons. The summed E-state index contributed by atoms with van der Waals surface area (Å²) in [6.45, 7) is 8.95. The van der Waals surface area contributed by atoms with E-state index in [-0.39, 0.29) is 12.2 Å². The second kappa shape index (κ2) is 7.50. The monoisotopic (exact) mass is 357 g/mol. The summed E-state index contributed by atoms with van der Waals surface area (Å²) in [7, 11) is 0. The Hall–Kier alpha value is -1.34. The van der Waals surface area contributed by atoms with Crippen LogP contribution in [-0.2, 0) is 10.9 Å². The Morgan fingerprint density at radius 2 is 1.76 bits per heavy atom. The van der Waals surface area contributed by atoms with Crippen molar-refractivity contribution in [3.05, 3.63) is 23.9 Å². The first-order valence-electron chi connectivity index (χ1n) is 8.97. The molecule has 0 bridgehead atoms. The number of morpholine rings is 1. The van der Waals surface area contributed by atoms with Crippen molar-refractivity contribution in [2.24, 2.45) is 5.92 Å². The van der Waals surface area contributed by atoms with E-state index < -0.39 is 11.7 Å². The van der Waals surface area contributed by atoms with Gasteiger partial charge < -0.3 is 9.64 Å². The molecule has 2 fully saturated rings. The summed E-state index contributed by atoms with van der Waals surface area (Å²) in [5, 5.41) is 0. The zero-order valence-electron chi connectivity index (χ0n) is 14.8. The van der Waals surface area contributed by atoms with E-state index in [1.807, 2.05) is 0 Å². The molecular formula is C18H26F3N3O. The Morgan fingerprint density at radius 1 is 1.12 bits per heavy atom. The lowest BCUT2D eigenvalue weighted by Gasteiger charge is -2.39. The standard InChI is InChI=1S/C18H26F3N3O/c1-13-10-23(11-14(2)25-13)12-15-5-7-24(8-6-15)17-4-3-16(9-22-17)18(19,20)21/h3-4,9,13-15H,5-8,10-12H2,1-2H3. The van der Waals surface area contributed by atoms with Crippen LogP contribution in [0.1, 0.15) is 32.3 Å². The number of rotatable bonds is 3. The fourth-order valence-electron chi connectivity index (χ4n) is 3.88. The van der Waals surface area contributed by atoms with Crippen LogP contribution in [0.2, 0.25) is 0 Å². The molecule has 2 aliphatic heterocycles. The zero-order chi connectivity index (χ0) is 18.0. The minimum atomic E-state index is -4.33. The summed E-state index contributed by atoms with van der Waals surface area (Å²) in [6, 6.07) is 2.60. The maximum absolute atomic E-state index is 12.6. The number of aromatic nitrogens is 1. The van der Waals surface area contributed by atoms with E-state index in [0.717, 1.165) is 57.8 Å². The van der Waals surface area contributed by atoms with Crippen molar-refractivity contribution in [2.75, 3.05) is 37.6 Å². The van der Waals surface area contributed by atoms with Gasteiger partial charge >= 0.3 is 6.18 Å². The van der Waals surface area contributed by atoms with E-state index in [2.05, 4.69) is 28.6 Å². The van der Waals surface area contributed by atoms with Crippen molar-refractivity contribution >= 4 is 5.82 Å². The van der Waals surface area contributed by atoms with Gasteiger partial charge in [0.05, 0.1) is 17.8 Å². The van der Waals surface area contributed by atoms with Gasteiger partial charge in [-0.3, -0.25) is 4.90 Å². The van der Waals surface area contributed by atoms with Gasteiger partial charge in [0, 0.05) is 38.9 Å². The van der Waals surface area contributed by atoms with E-state index in [9.17, 15) is 13.2 Å². The molecule has 3 rings (SSSR count). The molecule has 7 heteroatoms. The molecule has 2 aliphatic rings. The summed E-state index contributed by atoms with van der Waals surface area (Å²) in [6.07, 6.45) is -0.755. The smallest absolute Gasteiger partial charge is 0.373 e. The zero-order valence-corrected chi connectivity index (χ0v) is 14.8. The predicted octanol–water partition coefficient (Wildman–Crippen LogP) is 3.43. The number of nitrogens with zero attached hydrogens (tertiary/aromatic N) is 3. The normalized spacial score (nSPS) is 26.8. The van der Waals surface area contributed by atoms with Crippen LogP contribution in [0.25, 0.3) is 0 Å². The molecule has 0 amide bonds. The molecule has 0 aliphatic carbocycles. The molecule has 2 atom stereocenters. The number of anilines is 1. The van der Waals surface area contributed by atoms with Crippen LogP contribution in [0.4, 0.5) is 19.0 Å². The van der Waals surface area contributed by atoms with Gasteiger partial charge in [-0.25, -0.2) is 4.98 Å². The molecule has 0 aromatic carbocycles. The lowest BCUT2D eigenvalue weighted by molar-refractivity contribution is -0.137. The second-order valence-electron chi connectivity index (χ2n) is 7.31. The molecular weight excluding hydrogens is 331 g/mol. The van der Waals surface area contributed by atoms with Crippen molar-refractivity contribution in [1.29, 1.82) is 0 Å². The lowest BCUT2D eigenvalue weighted by atomic mass is 9.95. The number of hydrogen-bond acceptors (Lipinski definition) is 4. The quantitative estimate of drug-likeness (QED) is 0.829. The third-order valence-corrected chi connectivity index (χ3v) is 5.03. The Labute approximate surface area is 147 Å². The molecule has 0 spiro atoms. The molecule has 0 saturated carbocycles. The molecule has 25 heavy (non-hydrogen) atoms. The Bertz CT molecular complexity index is 546.